The minimum Gasteiger partial charge on any atom is -0.379 e. The van der Waals surface area contributed by atoms with Crippen molar-refractivity contribution in [2.75, 3.05) is 39.4 Å². The molecule has 3 rings (SSSR count). The van der Waals surface area contributed by atoms with Crippen molar-refractivity contribution in [3.63, 3.8) is 0 Å². The van der Waals surface area contributed by atoms with Gasteiger partial charge >= 0.3 is 0 Å². The largest absolute Gasteiger partial charge is 0.379 e. The van der Waals surface area contributed by atoms with Crippen LogP contribution in [0.15, 0.2) is 16.1 Å². The van der Waals surface area contributed by atoms with Gasteiger partial charge in [-0.3, -0.25) is 9.69 Å². The summed E-state index contributed by atoms with van der Waals surface area (Å²) in [6.45, 7) is 8.87. The number of thiazole rings is 1. The smallest absolute Gasteiger partial charge is 0.259 e. The van der Waals surface area contributed by atoms with Gasteiger partial charge in [-0.2, -0.15) is 0 Å². The fourth-order valence-electron chi connectivity index (χ4n) is 2.78. The molecule has 8 heteroatoms. The Labute approximate surface area is 145 Å². The zero-order valence-corrected chi connectivity index (χ0v) is 14.8. The van der Waals surface area contributed by atoms with Crippen LogP contribution in [0.2, 0.25) is 0 Å². The van der Waals surface area contributed by atoms with Gasteiger partial charge < -0.3 is 14.2 Å². The van der Waals surface area contributed by atoms with Crippen LogP contribution in [0.1, 0.15) is 26.8 Å². The maximum atomic E-state index is 13.0. The van der Waals surface area contributed by atoms with Crippen molar-refractivity contribution in [1.29, 1.82) is 0 Å². The van der Waals surface area contributed by atoms with Gasteiger partial charge in [0.2, 0.25) is 0 Å². The molecule has 0 atom stereocenters. The number of morpholine rings is 1. The molecule has 0 bridgehead atoms. The van der Waals surface area contributed by atoms with Crippen LogP contribution in [0, 0.1) is 13.8 Å². The Balaban J connectivity index is 1.72. The lowest BCUT2D eigenvalue weighted by molar-refractivity contribution is 0.0320. The Hall–Kier alpha value is -1.77. The Bertz CT molecular complexity index is 645. The quantitative estimate of drug-likeness (QED) is 0.790. The number of nitrogens with zero attached hydrogens (tertiary/aromatic N) is 4. The molecule has 1 aliphatic heterocycles. The molecular weight excluding hydrogens is 328 g/mol. The molecule has 0 radical (unpaired) electrons. The predicted molar refractivity (Wildman–Crippen MR) is 90.1 cm³/mol. The van der Waals surface area contributed by atoms with Gasteiger partial charge in [0.25, 0.3) is 5.91 Å². The molecule has 1 fully saturated rings. The highest BCUT2D eigenvalue weighted by Crippen LogP contribution is 2.18. The van der Waals surface area contributed by atoms with Crippen LogP contribution in [-0.4, -0.2) is 65.2 Å². The third-order valence-corrected chi connectivity index (χ3v) is 4.90. The van der Waals surface area contributed by atoms with E-state index in [2.05, 4.69) is 15.0 Å². The van der Waals surface area contributed by atoms with E-state index >= 15 is 0 Å². The lowest BCUT2D eigenvalue weighted by Crippen LogP contribution is -2.43. The summed E-state index contributed by atoms with van der Waals surface area (Å²) >= 11 is 1.56. The van der Waals surface area contributed by atoms with Crippen molar-refractivity contribution < 1.29 is 14.1 Å². The van der Waals surface area contributed by atoms with E-state index in [4.69, 9.17) is 9.26 Å². The zero-order chi connectivity index (χ0) is 16.9. The first-order valence-electron chi connectivity index (χ1n) is 8.06. The van der Waals surface area contributed by atoms with E-state index in [0.29, 0.717) is 30.1 Å². The molecule has 24 heavy (non-hydrogen) atoms. The van der Waals surface area contributed by atoms with E-state index in [1.807, 2.05) is 10.3 Å². The second-order valence-corrected chi connectivity index (χ2v) is 6.78. The lowest BCUT2D eigenvalue weighted by atomic mass is 10.1. The van der Waals surface area contributed by atoms with E-state index in [0.717, 1.165) is 37.9 Å². The van der Waals surface area contributed by atoms with E-state index in [1.165, 1.54) is 0 Å². The molecule has 0 spiro atoms. The molecule has 1 amide bonds. The number of rotatable bonds is 6. The van der Waals surface area contributed by atoms with Gasteiger partial charge in [-0.25, -0.2) is 4.98 Å². The van der Waals surface area contributed by atoms with Gasteiger partial charge in [-0.15, -0.1) is 11.3 Å². The summed E-state index contributed by atoms with van der Waals surface area (Å²) in [4.78, 5) is 21.5. The number of aryl methyl sites for hydroxylation is 2. The minimum atomic E-state index is -0.0466. The van der Waals surface area contributed by atoms with Crippen molar-refractivity contribution in [3.05, 3.63) is 33.6 Å². The van der Waals surface area contributed by atoms with Crippen LogP contribution >= 0.6 is 11.3 Å². The van der Waals surface area contributed by atoms with Gasteiger partial charge in [0.15, 0.2) is 0 Å². The van der Waals surface area contributed by atoms with E-state index in [1.54, 1.807) is 31.4 Å². The average Bonchev–Trinajstić information content (AvgIpc) is 3.22. The summed E-state index contributed by atoms with van der Waals surface area (Å²) in [5.74, 6) is 0.516. The summed E-state index contributed by atoms with van der Waals surface area (Å²) in [6, 6.07) is 0. The first-order valence-corrected chi connectivity index (χ1v) is 8.93. The molecule has 7 nitrogen and oxygen atoms in total. The van der Waals surface area contributed by atoms with E-state index < -0.39 is 0 Å². The summed E-state index contributed by atoms with van der Waals surface area (Å²) in [7, 11) is 0. The Kier molecular flexibility index (Phi) is 5.60. The van der Waals surface area contributed by atoms with Crippen LogP contribution in [0.5, 0.6) is 0 Å². The van der Waals surface area contributed by atoms with Crippen molar-refractivity contribution >= 4 is 17.2 Å². The predicted octanol–water partition coefficient (Wildman–Crippen LogP) is 1.72. The number of aromatic nitrogens is 2. The summed E-state index contributed by atoms with van der Waals surface area (Å²) < 4.78 is 10.5. The summed E-state index contributed by atoms with van der Waals surface area (Å²) in [6.07, 6.45) is 1.76. The second kappa shape index (κ2) is 7.87. The first kappa shape index (κ1) is 17.1. The third-order valence-electron chi connectivity index (χ3n) is 4.13. The number of hydrogen-bond donors (Lipinski definition) is 0. The van der Waals surface area contributed by atoms with Gasteiger partial charge in [-0.1, -0.05) is 5.16 Å². The number of carbonyl (C=O) groups is 1. The molecule has 1 aliphatic rings. The molecule has 0 unspecified atom stereocenters. The fraction of sp³-hybridized carbons (Fsp3) is 0.562. The third kappa shape index (κ3) is 4.00. The van der Waals surface area contributed by atoms with Crippen molar-refractivity contribution in [2.45, 2.75) is 20.4 Å². The van der Waals surface area contributed by atoms with Gasteiger partial charge in [0, 0.05) is 37.8 Å². The highest BCUT2D eigenvalue weighted by Gasteiger charge is 2.25. The summed E-state index contributed by atoms with van der Waals surface area (Å²) in [5, 5.41) is 6.76. The minimum absolute atomic E-state index is 0.0466. The SMILES string of the molecule is Cc1noc(C)c1C(=O)N(CCN1CCOCC1)Cc1nccs1. The number of carbonyl (C=O) groups excluding carboxylic acids is 1. The molecule has 130 valence electrons. The highest BCUT2D eigenvalue weighted by molar-refractivity contribution is 7.09. The van der Waals surface area contributed by atoms with Crippen molar-refractivity contribution in [3.8, 4) is 0 Å². The van der Waals surface area contributed by atoms with Crippen LogP contribution in [0.3, 0.4) is 0 Å². The Morgan fingerprint density at radius 3 is 2.79 bits per heavy atom. The molecule has 0 N–H and O–H groups in total. The second-order valence-electron chi connectivity index (χ2n) is 5.81. The van der Waals surface area contributed by atoms with E-state index in [9.17, 15) is 4.79 Å². The molecule has 0 aromatic carbocycles. The maximum Gasteiger partial charge on any atom is 0.259 e. The topological polar surface area (TPSA) is 71.7 Å². The molecule has 3 heterocycles. The molecule has 2 aromatic heterocycles. The maximum absolute atomic E-state index is 13.0. The number of amides is 1. The van der Waals surface area contributed by atoms with Gasteiger partial charge in [0.05, 0.1) is 25.5 Å². The van der Waals surface area contributed by atoms with E-state index in [-0.39, 0.29) is 5.91 Å². The number of hydrogen-bond acceptors (Lipinski definition) is 7. The highest BCUT2D eigenvalue weighted by atomic mass is 32.1. The molecule has 0 saturated carbocycles. The zero-order valence-electron chi connectivity index (χ0n) is 14.0. The monoisotopic (exact) mass is 350 g/mol. The van der Waals surface area contributed by atoms with Crippen LogP contribution in [0.4, 0.5) is 0 Å². The fourth-order valence-corrected chi connectivity index (χ4v) is 3.41. The first-order chi connectivity index (χ1) is 11.6. The summed E-state index contributed by atoms with van der Waals surface area (Å²) in [5.41, 5.74) is 1.20. The van der Waals surface area contributed by atoms with Crippen molar-refractivity contribution in [1.82, 2.24) is 19.9 Å². The lowest BCUT2D eigenvalue weighted by Gasteiger charge is -2.29. The molecule has 2 aromatic rings. The average molecular weight is 350 g/mol. The van der Waals surface area contributed by atoms with Crippen molar-refractivity contribution in [2.24, 2.45) is 0 Å². The normalized spacial score (nSPS) is 15.6. The van der Waals surface area contributed by atoms with Gasteiger partial charge in [0.1, 0.15) is 16.3 Å². The Morgan fingerprint density at radius 2 is 2.17 bits per heavy atom. The van der Waals surface area contributed by atoms with Crippen LogP contribution in [0.25, 0.3) is 0 Å². The molecular formula is C16H22N4O3S. The Morgan fingerprint density at radius 1 is 1.38 bits per heavy atom. The number of ether oxygens (including phenoxy) is 1. The van der Waals surface area contributed by atoms with Gasteiger partial charge in [-0.05, 0) is 13.8 Å². The standard InChI is InChI=1S/C16H22N4O3S/c1-12-15(13(2)23-18-12)16(21)20(11-14-17-3-10-24-14)5-4-19-6-8-22-9-7-19/h3,10H,4-9,11H2,1-2H3. The van der Waals surface area contributed by atoms with Crippen LogP contribution in [-0.2, 0) is 11.3 Å². The van der Waals surface area contributed by atoms with Crippen LogP contribution < -0.4 is 0 Å². The molecule has 0 aliphatic carbocycles. The molecule has 1 saturated heterocycles.